The third-order valence-corrected chi connectivity index (χ3v) is 4.00. The van der Waals surface area contributed by atoms with Gasteiger partial charge in [0.2, 0.25) is 0 Å². The molecular formula is C11H21N3O2S. The highest BCUT2D eigenvalue weighted by molar-refractivity contribution is 7.90. The molecule has 5 nitrogen and oxygen atoms in total. The Kier molecular flexibility index (Phi) is 4.32. The molecule has 0 aromatic carbocycles. The Balaban J connectivity index is 2.67. The van der Waals surface area contributed by atoms with Crippen molar-refractivity contribution < 1.29 is 8.42 Å². The predicted molar refractivity (Wildman–Crippen MR) is 68.6 cm³/mol. The normalized spacial score (nSPS) is 13.9. The van der Waals surface area contributed by atoms with E-state index in [4.69, 9.17) is 5.73 Å². The van der Waals surface area contributed by atoms with Crippen molar-refractivity contribution in [2.45, 2.75) is 32.7 Å². The summed E-state index contributed by atoms with van der Waals surface area (Å²) in [6.45, 7) is 3.91. The number of sulfone groups is 1. The quantitative estimate of drug-likeness (QED) is 0.850. The second-order valence-corrected chi connectivity index (χ2v) is 6.85. The molecule has 1 heterocycles. The molecule has 0 saturated heterocycles. The Hall–Kier alpha value is -0.880. The maximum absolute atomic E-state index is 11.0. The number of rotatable bonds is 5. The van der Waals surface area contributed by atoms with Crippen LogP contribution in [-0.4, -0.2) is 30.2 Å². The Morgan fingerprint density at radius 2 is 2.00 bits per heavy atom. The summed E-state index contributed by atoms with van der Waals surface area (Å²) in [4.78, 5) is 0. The standard InChI is InChI=1S/C11H21N3O2S/c1-8-11(9(2)14(3)13-8)10(12)6-5-7-17(4,15)16/h10H,5-7,12H2,1-4H3. The number of hydrogen-bond acceptors (Lipinski definition) is 4. The highest BCUT2D eigenvalue weighted by Gasteiger charge is 2.16. The first-order valence-corrected chi connectivity index (χ1v) is 7.72. The van der Waals surface area contributed by atoms with Crippen molar-refractivity contribution in [3.63, 3.8) is 0 Å². The third-order valence-electron chi connectivity index (χ3n) is 2.97. The first kappa shape index (κ1) is 14.2. The molecule has 0 amide bonds. The Labute approximate surface area is 103 Å². The van der Waals surface area contributed by atoms with Crippen molar-refractivity contribution in [1.82, 2.24) is 9.78 Å². The first-order valence-electron chi connectivity index (χ1n) is 5.65. The molecular weight excluding hydrogens is 238 g/mol. The lowest BCUT2D eigenvalue weighted by atomic mass is 10.0. The highest BCUT2D eigenvalue weighted by Crippen LogP contribution is 2.22. The molecule has 0 spiro atoms. The first-order chi connectivity index (χ1) is 7.72. The van der Waals surface area contributed by atoms with Gasteiger partial charge in [-0.3, -0.25) is 4.68 Å². The van der Waals surface area contributed by atoms with Crippen LogP contribution in [0.5, 0.6) is 0 Å². The van der Waals surface area contributed by atoms with Crippen molar-refractivity contribution in [2.75, 3.05) is 12.0 Å². The minimum absolute atomic E-state index is 0.134. The minimum atomic E-state index is -2.89. The van der Waals surface area contributed by atoms with Gasteiger partial charge in [-0.15, -0.1) is 0 Å². The Bertz CT molecular complexity index is 491. The highest BCUT2D eigenvalue weighted by atomic mass is 32.2. The summed E-state index contributed by atoms with van der Waals surface area (Å²) in [6, 6.07) is -0.134. The van der Waals surface area contributed by atoms with Gasteiger partial charge < -0.3 is 5.73 Å². The van der Waals surface area contributed by atoms with Gasteiger partial charge in [0.15, 0.2) is 0 Å². The fourth-order valence-electron chi connectivity index (χ4n) is 2.04. The summed E-state index contributed by atoms with van der Waals surface area (Å²) >= 11 is 0. The summed E-state index contributed by atoms with van der Waals surface area (Å²) in [5.74, 6) is 0.194. The topological polar surface area (TPSA) is 78.0 Å². The molecule has 1 aromatic heterocycles. The summed E-state index contributed by atoms with van der Waals surface area (Å²) < 4.78 is 23.9. The predicted octanol–water partition coefficient (Wildman–Crippen LogP) is 0.862. The lowest BCUT2D eigenvalue weighted by Gasteiger charge is -2.12. The molecule has 98 valence electrons. The van der Waals surface area contributed by atoms with Crippen molar-refractivity contribution in [1.29, 1.82) is 0 Å². The zero-order chi connectivity index (χ0) is 13.2. The third kappa shape index (κ3) is 3.81. The van der Waals surface area contributed by atoms with Gasteiger partial charge in [0.25, 0.3) is 0 Å². The van der Waals surface area contributed by atoms with Crippen LogP contribution in [0, 0.1) is 13.8 Å². The van der Waals surface area contributed by atoms with E-state index in [0.717, 1.165) is 17.0 Å². The minimum Gasteiger partial charge on any atom is -0.324 e. The number of hydrogen-bond donors (Lipinski definition) is 1. The molecule has 1 rings (SSSR count). The van der Waals surface area contributed by atoms with Gasteiger partial charge in [0, 0.05) is 36.4 Å². The van der Waals surface area contributed by atoms with Crippen molar-refractivity contribution in [2.24, 2.45) is 12.8 Å². The van der Waals surface area contributed by atoms with E-state index in [0.29, 0.717) is 12.8 Å². The number of aryl methyl sites for hydroxylation is 2. The molecule has 2 N–H and O–H groups in total. The molecule has 0 bridgehead atoms. The molecule has 0 aliphatic heterocycles. The van der Waals surface area contributed by atoms with Crippen LogP contribution >= 0.6 is 0 Å². The van der Waals surface area contributed by atoms with Gasteiger partial charge in [0.1, 0.15) is 9.84 Å². The van der Waals surface area contributed by atoms with Gasteiger partial charge >= 0.3 is 0 Å². The zero-order valence-corrected chi connectivity index (χ0v) is 11.7. The van der Waals surface area contributed by atoms with Crippen molar-refractivity contribution >= 4 is 9.84 Å². The van der Waals surface area contributed by atoms with Gasteiger partial charge in [0.05, 0.1) is 5.69 Å². The number of nitrogens with zero attached hydrogens (tertiary/aromatic N) is 2. The van der Waals surface area contributed by atoms with E-state index >= 15 is 0 Å². The molecule has 6 heteroatoms. The average Bonchev–Trinajstić information content (AvgIpc) is 2.38. The van der Waals surface area contributed by atoms with Crippen LogP contribution in [0.4, 0.5) is 0 Å². The van der Waals surface area contributed by atoms with Crippen LogP contribution < -0.4 is 5.73 Å². The summed E-state index contributed by atoms with van der Waals surface area (Å²) in [5, 5.41) is 4.31. The van der Waals surface area contributed by atoms with Crippen molar-refractivity contribution in [3.05, 3.63) is 17.0 Å². The van der Waals surface area contributed by atoms with E-state index in [1.54, 1.807) is 4.68 Å². The molecule has 1 atom stereocenters. The molecule has 17 heavy (non-hydrogen) atoms. The largest absolute Gasteiger partial charge is 0.324 e. The number of nitrogens with two attached hydrogens (primary N) is 1. The van der Waals surface area contributed by atoms with Gasteiger partial charge in [-0.2, -0.15) is 5.10 Å². The van der Waals surface area contributed by atoms with Crippen LogP contribution in [0.15, 0.2) is 0 Å². The maximum atomic E-state index is 11.0. The monoisotopic (exact) mass is 259 g/mol. The fourth-order valence-corrected chi connectivity index (χ4v) is 2.73. The smallest absolute Gasteiger partial charge is 0.147 e. The summed E-state index contributed by atoms with van der Waals surface area (Å²) in [5.41, 5.74) is 9.11. The molecule has 1 unspecified atom stereocenters. The average molecular weight is 259 g/mol. The summed E-state index contributed by atoms with van der Waals surface area (Å²) in [6.07, 6.45) is 2.51. The Morgan fingerprint density at radius 3 is 2.41 bits per heavy atom. The SMILES string of the molecule is Cc1nn(C)c(C)c1C(N)CCCS(C)(=O)=O. The van der Waals surface area contributed by atoms with Gasteiger partial charge in [-0.05, 0) is 26.7 Å². The van der Waals surface area contributed by atoms with E-state index in [1.165, 1.54) is 6.26 Å². The van der Waals surface area contributed by atoms with Gasteiger partial charge in [-0.25, -0.2) is 8.42 Å². The lowest BCUT2D eigenvalue weighted by molar-refractivity contribution is 0.586. The van der Waals surface area contributed by atoms with Gasteiger partial charge in [-0.1, -0.05) is 0 Å². The molecule has 0 saturated carbocycles. The van der Waals surface area contributed by atoms with E-state index < -0.39 is 9.84 Å². The van der Waals surface area contributed by atoms with Crippen molar-refractivity contribution in [3.8, 4) is 0 Å². The van der Waals surface area contributed by atoms with Crippen LogP contribution in [0.25, 0.3) is 0 Å². The van der Waals surface area contributed by atoms with Crippen LogP contribution in [0.1, 0.15) is 35.8 Å². The molecule has 0 radical (unpaired) electrons. The lowest BCUT2D eigenvalue weighted by Crippen LogP contribution is -2.14. The second-order valence-electron chi connectivity index (χ2n) is 4.59. The zero-order valence-electron chi connectivity index (χ0n) is 10.9. The summed E-state index contributed by atoms with van der Waals surface area (Å²) in [7, 11) is -1.01. The molecule has 1 aromatic rings. The van der Waals surface area contributed by atoms with E-state index in [1.807, 2.05) is 20.9 Å². The fraction of sp³-hybridized carbons (Fsp3) is 0.727. The van der Waals surface area contributed by atoms with Crippen LogP contribution in [-0.2, 0) is 16.9 Å². The molecule has 0 fully saturated rings. The van der Waals surface area contributed by atoms with Crippen LogP contribution in [0.3, 0.4) is 0 Å². The van der Waals surface area contributed by atoms with E-state index in [2.05, 4.69) is 5.10 Å². The maximum Gasteiger partial charge on any atom is 0.147 e. The number of aromatic nitrogens is 2. The van der Waals surface area contributed by atoms with E-state index in [-0.39, 0.29) is 11.8 Å². The second kappa shape index (κ2) is 5.18. The van der Waals surface area contributed by atoms with Crippen LogP contribution in [0.2, 0.25) is 0 Å². The molecule has 0 aliphatic carbocycles. The Morgan fingerprint density at radius 1 is 1.41 bits per heavy atom. The molecule has 0 aliphatic rings. The van der Waals surface area contributed by atoms with E-state index in [9.17, 15) is 8.42 Å².